The van der Waals surface area contributed by atoms with Gasteiger partial charge in [0.2, 0.25) is 0 Å². The highest BCUT2D eigenvalue weighted by Gasteiger charge is 2.23. The lowest BCUT2D eigenvalue weighted by Gasteiger charge is -2.35. The summed E-state index contributed by atoms with van der Waals surface area (Å²) in [5, 5.41) is 0. The molecule has 0 unspecified atom stereocenters. The van der Waals surface area contributed by atoms with Gasteiger partial charge in [-0.25, -0.2) is 14.4 Å². The minimum absolute atomic E-state index is 0.0137. The summed E-state index contributed by atoms with van der Waals surface area (Å²) in [5.74, 6) is 0.618. The molecule has 0 atom stereocenters. The van der Waals surface area contributed by atoms with E-state index in [1.807, 2.05) is 11.0 Å². The van der Waals surface area contributed by atoms with E-state index >= 15 is 4.39 Å². The van der Waals surface area contributed by atoms with E-state index in [1.165, 1.54) is 6.33 Å². The first kappa shape index (κ1) is 20.0. The van der Waals surface area contributed by atoms with Crippen molar-refractivity contribution in [1.82, 2.24) is 19.4 Å². The summed E-state index contributed by atoms with van der Waals surface area (Å²) in [6, 6.07) is 10.8. The van der Waals surface area contributed by atoms with Gasteiger partial charge in [0.1, 0.15) is 17.8 Å². The Hall–Kier alpha value is -3.26. The van der Waals surface area contributed by atoms with Crippen molar-refractivity contribution in [2.45, 2.75) is 6.54 Å². The Morgan fingerprint density at radius 2 is 1.80 bits per heavy atom. The standard InChI is InChI=1S/C22H24FN5O2/c1-26-8-7-16(13-19(26)29)14-27-9-11-28(12-10-27)22-20(23)21(24-15-25-22)17-3-5-18(30-2)6-4-17/h3-8,13,15H,9-12,14H2,1-2H3. The number of aryl methyl sites for hydroxylation is 1. The van der Waals surface area contributed by atoms with Crippen LogP contribution in [0, 0.1) is 5.82 Å². The maximum Gasteiger partial charge on any atom is 0.250 e. The summed E-state index contributed by atoms with van der Waals surface area (Å²) in [5.41, 5.74) is 1.94. The van der Waals surface area contributed by atoms with Crippen LogP contribution in [-0.2, 0) is 13.6 Å². The van der Waals surface area contributed by atoms with Crippen molar-refractivity contribution in [3.05, 3.63) is 70.7 Å². The second kappa shape index (κ2) is 8.62. The predicted octanol–water partition coefficient (Wildman–Crippen LogP) is 2.31. The number of aromatic nitrogens is 3. The molecule has 0 amide bonds. The van der Waals surface area contributed by atoms with Crippen LogP contribution in [0.5, 0.6) is 5.75 Å². The number of anilines is 1. The average molecular weight is 409 g/mol. The van der Waals surface area contributed by atoms with E-state index in [2.05, 4.69) is 14.9 Å². The quantitative estimate of drug-likeness (QED) is 0.645. The van der Waals surface area contributed by atoms with Gasteiger partial charge in [-0.1, -0.05) is 0 Å². The van der Waals surface area contributed by atoms with Crippen LogP contribution in [0.25, 0.3) is 11.3 Å². The number of ether oxygens (including phenoxy) is 1. The van der Waals surface area contributed by atoms with Gasteiger partial charge in [0, 0.05) is 57.6 Å². The van der Waals surface area contributed by atoms with Crippen molar-refractivity contribution in [1.29, 1.82) is 0 Å². The number of methoxy groups -OCH3 is 1. The molecule has 0 bridgehead atoms. The minimum Gasteiger partial charge on any atom is -0.497 e. The molecular formula is C22H24FN5O2. The number of halogens is 1. The Bertz CT molecular complexity index is 1080. The van der Waals surface area contributed by atoms with Gasteiger partial charge in [-0.2, -0.15) is 0 Å². The molecule has 1 saturated heterocycles. The summed E-state index contributed by atoms with van der Waals surface area (Å²) < 4.78 is 21.9. The summed E-state index contributed by atoms with van der Waals surface area (Å²) in [4.78, 5) is 24.4. The third-order valence-corrected chi connectivity index (χ3v) is 5.38. The molecule has 8 heteroatoms. The molecule has 1 aromatic carbocycles. The summed E-state index contributed by atoms with van der Waals surface area (Å²) in [6.07, 6.45) is 3.19. The minimum atomic E-state index is -0.414. The van der Waals surface area contributed by atoms with Crippen LogP contribution in [0.2, 0.25) is 0 Å². The third-order valence-electron chi connectivity index (χ3n) is 5.38. The van der Waals surface area contributed by atoms with Crippen molar-refractivity contribution in [3.8, 4) is 17.0 Å². The second-order valence-electron chi connectivity index (χ2n) is 7.34. The van der Waals surface area contributed by atoms with E-state index in [1.54, 1.807) is 55.3 Å². The molecule has 3 aromatic rings. The van der Waals surface area contributed by atoms with Crippen LogP contribution in [0.1, 0.15) is 5.56 Å². The molecule has 0 N–H and O–H groups in total. The maximum atomic E-state index is 15.2. The Morgan fingerprint density at radius 1 is 1.07 bits per heavy atom. The smallest absolute Gasteiger partial charge is 0.250 e. The zero-order chi connectivity index (χ0) is 21.1. The van der Waals surface area contributed by atoms with Crippen molar-refractivity contribution in [2.24, 2.45) is 7.05 Å². The fraction of sp³-hybridized carbons (Fsp3) is 0.318. The first-order chi connectivity index (χ1) is 14.5. The number of nitrogens with zero attached hydrogens (tertiary/aromatic N) is 5. The van der Waals surface area contributed by atoms with Gasteiger partial charge < -0.3 is 14.2 Å². The van der Waals surface area contributed by atoms with Gasteiger partial charge in [0.25, 0.3) is 5.56 Å². The predicted molar refractivity (Wildman–Crippen MR) is 113 cm³/mol. The van der Waals surface area contributed by atoms with Crippen molar-refractivity contribution in [2.75, 3.05) is 38.2 Å². The van der Waals surface area contributed by atoms with Crippen LogP contribution in [0.3, 0.4) is 0 Å². The van der Waals surface area contributed by atoms with E-state index in [-0.39, 0.29) is 11.3 Å². The van der Waals surface area contributed by atoms with Crippen LogP contribution in [-0.4, -0.2) is 52.7 Å². The van der Waals surface area contributed by atoms with Crippen LogP contribution in [0.15, 0.2) is 53.7 Å². The first-order valence-electron chi connectivity index (χ1n) is 9.83. The van der Waals surface area contributed by atoms with Gasteiger partial charge in [0.15, 0.2) is 11.6 Å². The second-order valence-corrected chi connectivity index (χ2v) is 7.34. The van der Waals surface area contributed by atoms with Gasteiger partial charge in [-0.15, -0.1) is 0 Å². The lowest BCUT2D eigenvalue weighted by Crippen LogP contribution is -2.46. The molecule has 0 saturated carbocycles. The Balaban J connectivity index is 1.45. The molecule has 30 heavy (non-hydrogen) atoms. The molecule has 1 fully saturated rings. The number of piperazine rings is 1. The van der Waals surface area contributed by atoms with Gasteiger partial charge in [-0.05, 0) is 35.9 Å². The van der Waals surface area contributed by atoms with Crippen molar-refractivity contribution >= 4 is 5.82 Å². The number of pyridine rings is 1. The average Bonchev–Trinajstić information content (AvgIpc) is 2.77. The fourth-order valence-corrected chi connectivity index (χ4v) is 3.60. The van der Waals surface area contributed by atoms with E-state index in [0.29, 0.717) is 36.8 Å². The van der Waals surface area contributed by atoms with E-state index in [9.17, 15) is 4.79 Å². The Morgan fingerprint density at radius 3 is 2.47 bits per heavy atom. The summed E-state index contributed by atoms with van der Waals surface area (Å²) >= 11 is 0. The summed E-state index contributed by atoms with van der Waals surface area (Å²) in [6.45, 7) is 3.53. The highest BCUT2D eigenvalue weighted by atomic mass is 19.1. The number of hydrogen-bond acceptors (Lipinski definition) is 6. The number of hydrogen-bond donors (Lipinski definition) is 0. The topological polar surface area (TPSA) is 63.5 Å². The maximum absolute atomic E-state index is 15.2. The highest BCUT2D eigenvalue weighted by Crippen LogP contribution is 2.28. The molecule has 3 heterocycles. The molecule has 0 aliphatic carbocycles. The lowest BCUT2D eigenvalue weighted by atomic mass is 10.1. The fourth-order valence-electron chi connectivity index (χ4n) is 3.60. The Labute approximate surface area is 174 Å². The van der Waals surface area contributed by atoms with E-state index in [4.69, 9.17) is 4.74 Å². The third kappa shape index (κ3) is 4.18. The van der Waals surface area contributed by atoms with Gasteiger partial charge in [-0.3, -0.25) is 9.69 Å². The lowest BCUT2D eigenvalue weighted by molar-refractivity contribution is 0.248. The molecule has 0 radical (unpaired) electrons. The van der Waals surface area contributed by atoms with Gasteiger partial charge in [0.05, 0.1) is 7.11 Å². The highest BCUT2D eigenvalue weighted by molar-refractivity contribution is 5.64. The molecule has 0 spiro atoms. The van der Waals surface area contributed by atoms with Crippen molar-refractivity contribution in [3.63, 3.8) is 0 Å². The molecule has 1 aliphatic heterocycles. The van der Waals surface area contributed by atoms with E-state index < -0.39 is 5.82 Å². The monoisotopic (exact) mass is 409 g/mol. The SMILES string of the molecule is COc1ccc(-c2ncnc(N3CCN(Cc4ccn(C)c(=O)c4)CC3)c2F)cc1. The molecule has 156 valence electrons. The first-order valence-corrected chi connectivity index (χ1v) is 9.83. The van der Waals surface area contributed by atoms with Crippen LogP contribution in [0.4, 0.5) is 10.2 Å². The molecular weight excluding hydrogens is 385 g/mol. The normalized spacial score (nSPS) is 14.7. The largest absolute Gasteiger partial charge is 0.497 e. The zero-order valence-electron chi connectivity index (χ0n) is 17.1. The van der Waals surface area contributed by atoms with Crippen molar-refractivity contribution < 1.29 is 9.13 Å². The zero-order valence-corrected chi connectivity index (χ0v) is 17.1. The van der Waals surface area contributed by atoms with Crippen LogP contribution >= 0.6 is 0 Å². The number of rotatable bonds is 5. The summed E-state index contributed by atoms with van der Waals surface area (Å²) in [7, 11) is 3.33. The van der Waals surface area contributed by atoms with Gasteiger partial charge >= 0.3 is 0 Å². The Kier molecular flexibility index (Phi) is 5.76. The van der Waals surface area contributed by atoms with Crippen LogP contribution < -0.4 is 15.2 Å². The number of benzene rings is 1. The molecule has 1 aliphatic rings. The molecule has 7 nitrogen and oxygen atoms in total. The molecule has 2 aromatic heterocycles. The molecule has 4 rings (SSSR count). The van der Waals surface area contributed by atoms with E-state index in [0.717, 1.165) is 18.7 Å².